The summed E-state index contributed by atoms with van der Waals surface area (Å²) in [5.74, 6) is 3.69. The monoisotopic (exact) mass is 372 g/mol. The molecule has 0 bridgehead atoms. The van der Waals surface area contributed by atoms with Crippen molar-refractivity contribution in [3.05, 3.63) is 11.6 Å². The van der Waals surface area contributed by atoms with Crippen LogP contribution in [0.15, 0.2) is 11.6 Å². The Hall–Kier alpha value is -0.790. The van der Waals surface area contributed by atoms with Crippen molar-refractivity contribution >= 4 is 5.97 Å². The first-order valence-electron chi connectivity index (χ1n) is 11.8. The first-order chi connectivity index (χ1) is 12.9. The minimum atomic E-state index is -0.625. The van der Waals surface area contributed by atoms with E-state index in [2.05, 4.69) is 26.8 Å². The quantitative estimate of drug-likeness (QED) is 0.548. The molecule has 0 amide bonds. The minimum absolute atomic E-state index is 0.353. The highest BCUT2D eigenvalue weighted by molar-refractivity contribution is 5.66. The molecule has 0 aromatic carbocycles. The first kappa shape index (κ1) is 19.5. The molecule has 0 aromatic rings. The average molecular weight is 373 g/mol. The fourth-order valence-corrected chi connectivity index (χ4v) is 8.62. The third kappa shape index (κ3) is 3.10. The summed E-state index contributed by atoms with van der Waals surface area (Å²) in [5, 5.41) is 9.03. The maximum absolute atomic E-state index is 11.0. The highest BCUT2D eigenvalue weighted by Crippen LogP contribution is 2.68. The maximum Gasteiger partial charge on any atom is 0.303 e. The van der Waals surface area contributed by atoms with E-state index in [0.29, 0.717) is 17.3 Å². The number of hydrogen-bond donors (Lipinski definition) is 1. The number of carbonyl (C=O) groups is 1. The molecular weight excluding hydrogens is 332 g/mol. The fourth-order valence-electron chi connectivity index (χ4n) is 8.62. The maximum atomic E-state index is 11.0. The minimum Gasteiger partial charge on any atom is -0.481 e. The van der Waals surface area contributed by atoms with Crippen molar-refractivity contribution in [2.75, 3.05) is 0 Å². The number of rotatable bonds is 4. The Labute approximate surface area is 166 Å². The molecule has 27 heavy (non-hydrogen) atoms. The van der Waals surface area contributed by atoms with Gasteiger partial charge in [-0.25, -0.2) is 0 Å². The largest absolute Gasteiger partial charge is 0.481 e. The Balaban J connectivity index is 1.56. The summed E-state index contributed by atoms with van der Waals surface area (Å²) in [5.41, 5.74) is 2.80. The van der Waals surface area contributed by atoms with Crippen LogP contribution in [0.5, 0.6) is 0 Å². The Morgan fingerprint density at radius 3 is 2.59 bits per heavy atom. The van der Waals surface area contributed by atoms with Crippen LogP contribution in [0.1, 0.15) is 97.8 Å². The standard InChI is InChI=1S/C25H40O2/c1-4-17-16-19-21-12-11-18(8-7-10-23(26)27)24(21,2)15-13-22(19)25(3)14-6-5-9-20(17)25/h4,18-22H,5-16H2,1-3H3,(H,26,27)/b17-4-. The van der Waals surface area contributed by atoms with Gasteiger partial charge in [0.2, 0.25) is 0 Å². The summed E-state index contributed by atoms with van der Waals surface area (Å²) in [6, 6.07) is 0. The van der Waals surface area contributed by atoms with Gasteiger partial charge in [-0.15, -0.1) is 0 Å². The van der Waals surface area contributed by atoms with E-state index in [9.17, 15) is 4.79 Å². The van der Waals surface area contributed by atoms with Gasteiger partial charge >= 0.3 is 5.97 Å². The van der Waals surface area contributed by atoms with Crippen molar-refractivity contribution in [2.24, 2.45) is 40.4 Å². The van der Waals surface area contributed by atoms with Crippen LogP contribution in [0.25, 0.3) is 0 Å². The fraction of sp³-hybridized carbons (Fsp3) is 0.880. The van der Waals surface area contributed by atoms with Crippen LogP contribution in [-0.2, 0) is 4.79 Å². The molecule has 7 unspecified atom stereocenters. The van der Waals surface area contributed by atoms with Gasteiger partial charge < -0.3 is 5.11 Å². The molecule has 4 aliphatic carbocycles. The van der Waals surface area contributed by atoms with E-state index in [1.165, 1.54) is 57.8 Å². The molecule has 2 heteroatoms. The molecule has 2 nitrogen and oxygen atoms in total. The lowest BCUT2D eigenvalue weighted by molar-refractivity contribution is -0.137. The molecule has 0 spiro atoms. The zero-order valence-electron chi connectivity index (χ0n) is 17.8. The van der Waals surface area contributed by atoms with Crippen molar-refractivity contribution in [3.63, 3.8) is 0 Å². The van der Waals surface area contributed by atoms with Crippen LogP contribution in [-0.4, -0.2) is 11.1 Å². The molecular formula is C25H40O2. The Bertz CT molecular complexity index is 607. The molecule has 0 aromatic heterocycles. The van der Waals surface area contributed by atoms with Crippen LogP contribution in [0, 0.1) is 40.4 Å². The summed E-state index contributed by atoms with van der Waals surface area (Å²) in [6.07, 6.45) is 17.5. The van der Waals surface area contributed by atoms with Gasteiger partial charge in [0.05, 0.1) is 0 Å². The third-order valence-electron chi connectivity index (χ3n) is 9.97. The summed E-state index contributed by atoms with van der Waals surface area (Å²) < 4.78 is 0. The molecule has 4 saturated carbocycles. The van der Waals surface area contributed by atoms with E-state index in [-0.39, 0.29) is 0 Å². The SMILES string of the molecule is C/C=C1/CC2C3CCC(CCCC(=O)O)C3(C)CCC2C2(C)CCCCC12. The van der Waals surface area contributed by atoms with E-state index < -0.39 is 5.97 Å². The zero-order chi connectivity index (χ0) is 19.2. The Kier molecular flexibility index (Phi) is 5.23. The second-order valence-corrected chi connectivity index (χ2v) is 10.9. The van der Waals surface area contributed by atoms with Gasteiger partial charge in [-0.3, -0.25) is 4.79 Å². The molecule has 152 valence electrons. The molecule has 0 radical (unpaired) electrons. The number of carboxylic acid groups (broad SMARTS) is 1. The average Bonchev–Trinajstić information content (AvgIpc) is 2.97. The van der Waals surface area contributed by atoms with Crippen molar-refractivity contribution in [3.8, 4) is 0 Å². The van der Waals surface area contributed by atoms with Gasteiger partial charge in [-0.05, 0) is 105 Å². The van der Waals surface area contributed by atoms with Gasteiger partial charge in [0, 0.05) is 6.42 Å². The Morgan fingerprint density at radius 2 is 1.85 bits per heavy atom. The molecule has 0 heterocycles. The summed E-state index contributed by atoms with van der Waals surface area (Å²) in [6.45, 7) is 7.52. The van der Waals surface area contributed by atoms with Gasteiger partial charge in [0.25, 0.3) is 0 Å². The second-order valence-electron chi connectivity index (χ2n) is 10.9. The van der Waals surface area contributed by atoms with Crippen molar-refractivity contribution in [1.82, 2.24) is 0 Å². The zero-order valence-corrected chi connectivity index (χ0v) is 17.8. The van der Waals surface area contributed by atoms with Crippen LogP contribution < -0.4 is 0 Å². The molecule has 4 aliphatic rings. The predicted molar refractivity (Wildman–Crippen MR) is 110 cm³/mol. The highest BCUT2D eigenvalue weighted by Gasteiger charge is 2.60. The topological polar surface area (TPSA) is 37.3 Å². The third-order valence-corrected chi connectivity index (χ3v) is 9.97. The van der Waals surface area contributed by atoms with E-state index in [4.69, 9.17) is 5.11 Å². The number of aliphatic carboxylic acids is 1. The lowest BCUT2D eigenvalue weighted by atomic mass is 9.44. The molecule has 4 fully saturated rings. The van der Waals surface area contributed by atoms with Crippen molar-refractivity contribution < 1.29 is 9.90 Å². The van der Waals surface area contributed by atoms with E-state index in [1.54, 1.807) is 5.57 Å². The van der Waals surface area contributed by atoms with Crippen molar-refractivity contribution in [1.29, 1.82) is 0 Å². The summed E-state index contributed by atoms with van der Waals surface area (Å²) in [4.78, 5) is 11.0. The molecule has 1 N–H and O–H groups in total. The predicted octanol–water partition coefficient (Wildman–Crippen LogP) is 6.85. The van der Waals surface area contributed by atoms with Gasteiger partial charge in [-0.1, -0.05) is 38.3 Å². The number of hydrogen-bond acceptors (Lipinski definition) is 1. The van der Waals surface area contributed by atoms with Crippen LogP contribution in [0.3, 0.4) is 0 Å². The van der Waals surface area contributed by atoms with Crippen LogP contribution in [0.2, 0.25) is 0 Å². The molecule has 0 saturated heterocycles. The normalized spacial score (nSPS) is 48.0. The molecule has 4 rings (SSSR count). The van der Waals surface area contributed by atoms with E-state index in [1.807, 2.05) is 0 Å². The highest BCUT2D eigenvalue weighted by atomic mass is 16.4. The lowest BCUT2D eigenvalue weighted by Crippen LogP contribution is -2.53. The number of carboxylic acids is 1. The second kappa shape index (κ2) is 7.23. The number of allylic oxidation sites excluding steroid dienone is 2. The lowest BCUT2D eigenvalue weighted by Gasteiger charge is -2.61. The van der Waals surface area contributed by atoms with Gasteiger partial charge in [0.1, 0.15) is 0 Å². The van der Waals surface area contributed by atoms with Gasteiger partial charge in [0.15, 0.2) is 0 Å². The van der Waals surface area contributed by atoms with Crippen LogP contribution in [0.4, 0.5) is 0 Å². The summed E-state index contributed by atoms with van der Waals surface area (Å²) >= 11 is 0. The van der Waals surface area contributed by atoms with E-state index >= 15 is 0 Å². The van der Waals surface area contributed by atoms with Gasteiger partial charge in [-0.2, -0.15) is 0 Å². The van der Waals surface area contributed by atoms with Crippen LogP contribution >= 0.6 is 0 Å². The van der Waals surface area contributed by atoms with E-state index in [0.717, 1.165) is 42.4 Å². The molecule has 0 aliphatic heterocycles. The number of fused-ring (bicyclic) bond motifs is 5. The van der Waals surface area contributed by atoms with Crippen molar-refractivity contribution in [2.45, 2.75) is 97.8 Å². The summed E-state index contributed by atoms with van der Waals surface area (Å²) in [7, 11) is 0. The smallest absolute Gasteiger partial charge is 0.303 e. The first-order valence-corrected chi connectivity index (χ1v) is 11.8. The Morgan fingerprint density at radius 1 is 1.07 bits per heavy atom. The molecule has 7 atom stereocenters.